The number of thiazole rings is 2. The van der Waals surface area contributed by atoms with Gasteiger partial charge in [0, 0.05) is 44.5 Å². The summed E-state index contributed by atoms with van der Waals surface area (Å²) in [5, 5.41) is 0.690. The highest BCUT2D eigenvalue weighted by atomic mass is 32.1. The van der Waals surface area contributed by atoms with Crippen molar-refractivity contribution in [1.29, 1.82) is 0 Å². The van der Waals surface area contributed by atoms with Gasteiger partial charge in [-0.15, -0.1) is 22.7 Å². The van der Waals surface area contributed by atoms with Crippen molar-refractivity contribution < 1.29 is 55.0 Å². The molecule has 8 nitrogen and oxygen atoms in total. The lowest BCUT2D eigenvalue weighted by molar-refractivity contribution is -0.138. The van der Waals surface area contributed by atoms with Gasteiger partial charge in [0.15, 0.2) is 0 Å². The van der Waals surface area contributed by atoms with Crippen LogP contribution in [0.3, 0.4) is 0 Å². The van der Waals surface area contributed by atoms with Crippen LogP contribution < -0.4 is 9.47 Å². The van der Waals surface area contributed by atoms with E-state index < -0.39 is 57.8 Å². The number of alkyl halides is 6. The Bertz CT molecular complexity index is 2740. The molecule has 11 rings (SSSR count). The van der Waals surface area contributed by atoms with E-state index in [1.54, 1.807) is 0 Å². The number of fused-ring (bicyclic) bond motifs is 10. The molecule has 16 heteroatoms. The minimum absolute atomic E-state index is 0.0425. The van der Waals surface area contributed by atoms with Crippen LogP contribution in [0.1, 0.15) is 128 Å². The summed E-state index contributed by atoms with van der Waals surface area (Å²) >= 11 is 2.50. The minimum Gasteiger partial charge on any atom is -0.465 e. The van der Waals surface area contributed by atoms with E-state index in [1.807, 2.05) is 0 Å². The fourth-order valence-electron chi connectivity index (χ4n) is 10.00. The third-order valence-electron chi connectivity index (χ3n) is 13.0. The second kappa shape index (κ2) is 13.4. The molecule has 0 N–H and O–H groups in total. The standard InChI is InChI=1S/C46H30F6N2O6S2/c47-45(48,49)21-7-9-23-25(15-21)35(55)37(57)27(23)19-33-53-41-39(61-33)29-18-32-30(17-31(29)43(59-41)11-3-1-4-12-43)40-42(60-44(32)13-5-2-6-14-44)54-34(62-40)20-28-24-10-8-22(46(50,51)52)16-26(24)36(56)38(28)58/h7-10,15-20H,1-6,11-14H2/b27-19-,28-20-. The fourth-order valence-corrected chi connectivity index (χ4v) is 11.9. The Balaban J connectivity index is 1.04. The van der Waals surface area contributed by atoms with E-state index in [0.29, 0.717) is 69.3 Å². The zero-order valence-corrected chi connectivity index (χ0v) is 33.9. The Kier molecular flexibility index (Phi) is 8.45. The number of ether oxygens (including phenoxy) is 2. The zero-order chi connectivity index (χ0) is 43.1. The average Bonchev–Trinajstić information content (AvgIpc) is 3.97. The first-order valence-electron chi connectivity index (χ1n) is 20.2. The van der Waals surface area contributed by atoms with Crippen molar-refractivity contribution >= 4 is 69.1 Å². The number of hydrogen-bond donors (Lipinski definition) is 0. The van der Waals surface area contributed by atoms with E-state index in [1.165, 1.54) is 34.8 Å². The molecule has 4 aliphatic carbocycles. The van der Waals surface area contributed by atoms with E-state index in [9.17, 15) is 45.5 Å². The number of Topliss-reactive ketones (excluding diaryl/α,β-unsaturated/α-hetero) is 4. The molecule has 5 aromatic rings. The summed E-state index contributed by atoms with van der Waals surface area (Å²) in [4.78, 5) is 63.4. The van der Waals surface area contributed by atoms with Crippen molar-refractivity contribution in [1.82, 2.24) is 9.97 Å². The van der Waals surface area contributed by atoms with Gasteiger partial charge in [-0.1, -0.05) is 25.0 Å². The SMILES string of the molecule is O=C1C(=O)c2cc(C(F)(F)F)ccc2/C1=C/c1nc2c(s1)-c1cc3c(cc1C1(CCCCC1)O2)-c1sc(/C=C2\C(=O)C(=O)c4cc(C(F)(F)F)ccc42)nc1OC31CCCCC1. The monoisotopic (exact) mass is 884 g/mol. The molecular formula is C46H30F6N2O6S2. The van der Waals surface area contributed by atoms with E-state index in [-0.39, 0.29) is 33.4 Å². The minimum atomic E-state index is -4.69. The van der Waals surface area contributed by atoms with E-state index in [0.717, 1.165) is 85.0 Å². The number of carbonyl (C=O) groups is 4. The van der Waals surface area contributed by atoms with Gasteiger partial charge < -0.3 is 9.47 Å². The maximum absolute atomic E-state index is 13.5. The van der Waals surface area contributed by atoms with Crippen LogP contribution in [0.4, 0.5) is 26.3 Å². The largest absolute Gasteiger partial charge is 0.465 e. The summed E-state index contributed by atoms with van der Waals surface area (Å²) in [6.07, 6.45) is 1.81. The molecule has 0 radical (unpaired) electrons. The zero-order valence-electron chi connectivity index (χ0n) is 32.3. The van der Waals surface area contributed by atoms with E-state index in [2.05, 4.69) is 12.1 Å². The van der Waals surface area contributed by atoms with Gasteiger partial charge in [0.1, 0.15) is 21.2 Å². The fraction of sp³-hybridized carbons (Fsp3) is 0.304. The molecule has 4 heterocycles. The Hall–Kier alpha value is -5.74. The predicted octanol–water partition coefficient (Wildman–Crippen LogP) is 11.7. The number of rotatable bonds is 2. The molecule has 2 aliphatic heterocycles. The van der Waals surface area contributed by atoms with Crippen molar-refractivity contribution in [3.63, 3.8) is 0 Å². The average molecular weight is 885 g/mol. The number of hydrogen-bond acceptors (Lipinski definition) is 10. The van der Waals surface area contributed by atoms with Crippen LogP contribution in [0.2, 0.25) is 0 Å². The van der Waals surface area contributed by atoms with Crippen LogP contribution in [-0.4, -0.2) is 33.1 Å². The number of carbonyl (C=O) groups excluding carboxylic acids is 4. The number of ketones is 4. The van der Waals surface area contributed by atoms with Crippen LogP contribution in [-0.2, 0) is 33.1 Å². The lowest BCUT2D eigenvalue weighted by Crippen LogP contribution is -2.40. The molecule has 62 heavy (non-hydrogen) atoms. The van der Waals surface area contributed by atoms with Crippen LogP contribution in [0.5, 0.6) is 11.8 Å². The van der Waals surface area contributed by atoms with Crippen LogP contribution in [0.15, 0.2) is 48.5 Å². The molecule has 0 saturated heterocycles. The third-order valence-corrected chi connectivity index (χ3v) is 15.0. The smallest absolute Gasteiger partial charge is 0.416 e. The Morgan fingerprint density at radius 3 is 1.26 bits per heavy atom. The summed E-state index contributed by atoms with van der Waals surface area (Å²) in [7, 11) is 0. The Morgan fingerprint density at radius 1 is 0.500 bits per heavy atom. The molecule has 3 aromatic carbocycles. The van der Waals surface area contributed by atoms with E-state index in [4.69, 9.17) is 19.4 Å². The maximum atomic E-state index is 13.5. The molecule has 6 aliphatic rings. The first kappa shape index (κ1) is 39.1. The quantitative estimate of drug-likeness (QED) is 0.0978. The molecule has 2 spiro atoms. The molecule has 0 amide bonds. The van der Waals surface area contributed by atoms with E-state index >= 15 is 0 Å². The van der Waals surface area contributed by atoms with Crippen molar-refractivity contribution in [2.45, 2.75) is 87.8 Å². The number of allylic oxidation sites excluding steroid dienone is 2. The molecule has 2 aromatic heterocycles. The topological polar surface area (TPSA) is 113 Å². The molecule has 2 fully saturated rings. The Morgan fingerprint density at radius 2 is 0.887 bits per heavy atom. The molecule has 0 bridgehead atoms. The third kappa shape index (κ3) is 5.85. The van der Waals surface area contributed by atoms with Crippen molar-refractivity contribution in [2.24, 2.45) is 0 Å². The second-order valence-corrected chi connectivity index (χ2v) is 18.6. The summed E-state index contributed by atoms with van der Waals surface area (Å²) < 4.78 is 94.9. The molecule has 314 valence electrons. The van der Waals surface area contributed by atoms with Crippen LogP contribution in [0, 0.1) is 0 Å². The number of nitrogens with zero attached hydrogens (tertiary/aromatic N) is 2. The predicted molar refractivity (Wildman–Crippen MR) is 217 cm³/mol. The van der Waals surface area contributed by atoms with Gasteiger partial charge in [-0.3, -0.25) is 19.2 Å². The summed E-state index contributed by atoms with van der Waals surface area (Å²) in [6, 6.07) is 9.67. The normalized spacial score (nSPS) is 20.8. The highest BCUT2D eigenvalue weighted by Gasteiger charge is 2.49. The summed E-state index contributed by atoms with van der Waals surface area (Å²) in [5.74, 6) is -3.13. The van der Waals surface area contributed by atoms with Crippen molar-refractivity contribution in [2.75, 3.05) is 0 Å². The molecular weight excluding hydrogens is 855 g/mol. The highest BCUT2D eigenvalue weighted by molar-refractivity contribution is 7.17. The Labute approximate surface area is 356 Å². The lowest BCUT2D eigenvalue weighted by atomic mass is 9.71. The highest BCUT2D eigenvalue weighted by Crippen LogP contribution is 2.59. The van der Waals surface area contributed by atoms with Crippen molar-refractivity contribution in [3.8, 4) is 32.6 Å². The number of aromatic nitrogens is 2. The van der Waals surface area contributed by atoms with Gasteiger partial charge in [0.2, 0.25) is 34.9 Å². The van der Waals surface area contributed by atoms with Gasteiger partial charge in [-0.05, 0) is 111 Å². The van der Waals surface area contributed by atoms with Crippen LogP contribution >= 0.6 is 22.7 Å². The molecule has 0 unspecified atom stereocenters. The first-order valence-corrected chi connectivity index (χ1v) is 21.8. The first-order chi connectivity index (χ1) is 29.5. The molecule has 2 saturated carbocycles. The molecule has 0 atom stereocenters. The van der Waals surface area contributed by atoms with Crippen LogP contribution in [0.25, 0.3) is 44.2 Å². The van der Waals surface area contributed by atoms with Gasteiger partial charge in [0.25, 0.3) is 0 Å². The second-order valence-electron chi connectivity index (χ2n) is 16.6. The maximum Gasteiger partial charge on any atom is 0.416 e. The number of benzene rings is 3. The van der Waals surface area contributed by atoms with Gasteiger partial charge in [0.05, 0.1) is 20.9 Å². The summed E-state index contributed by atoms with van der Waals surface area (Å²) in [6.45, 7) is 0. The van der Waals surface area contributed by atoms with Gasteiger partial charge >= 0.3 is 12.4 Å². The van der Waals surface area contributed by atoms with Gasteiger partial charge in [-0.2, -0.15) is 26.3 Å². The van der Waals surface area contributed by atoms with Crippen molar-refractivity contribution in [3.05, 3.63) is 103 Å². The lowest BCUT2D eigenvalue weighted by Gasteiger charge is -2.45. The van der Waals surface area contributed by atoms with Gasteiger partial charge in [-0.25, -0.2) is 9.97 Å². The summed E-state index contributed by atoms with van der Waals surface area (Å²) in [5.41, 5.74) is -0.437. The number of halogens is 6.